The van der Waals surface area contributed by atoms with Gasteiger partial charge in [-0.1, -0.05) is 0 Å². The quantitative estimate of drug-likeness (QED) is 0.470. The van der Waals surface area contributed by atoms with E-state index in [1.165, 1.54) is 0 Å². The summed E-state index contributed by atoms with van der Waals surface area (Å²) in [5.41, 5.74) is 7.36. The number of carbonyl (C=O) groups is 2. The molecule has 2 aliphatic heterocycles. The number of β-lactam (4-membered cyclic amide) rings is 1. The Morgan fingerprint density at radius 1 is 1.56 bits per heavy atom. The number of aromatic nitrogens is 1. The van der Waals surface area contributed by atoms with Crippen molar-refractivity contribution in [1.29, 1.82) is 0 Å². The maximum absolute atomic E-state index is 13.0. The number of carbonyl (C=O) groups excluding carboxylic acids is 2. The fraction of sp³-hybridized carbons (Fsp3) is 0.688. The Hall–Kier alpha value is -0.770. The van der Waals surface area contributed by atoms with E-state index in [0.717, 1.165) is 9.90 Å². The number of aryl methyl sites for hydroxylation is 1. The van der Waals surface area contributed by atoms with E-state index in [2.05, 4.69) is 4.98 Å². The molecule has 2 N–H and O–H groups in total. The Balaban J connectivity index is 1.80. The van der Waals surface area contributed by atoms with Crippen molar-refractivity contribution in [1.82, 2.24) is 9.88 Å². The van der Waals surface area contributed by atoms with Gasteiger partial charge < -0.3 is 15.4 Å². The maximum Gasteiger partial charge on any atom is 0.316 e. The third-order valence-electron chi connectivity index (χ3n) is 4.20. The molecule has 25 heavy (non-hydrogen) atoms. The normalized spacial score (nSPS) is 29.2. The van der Waals surface area contributed by atoms with Gasteiger partial charge in [0, 0.05) is 18.1 Å². The first-order chi connectivity index (χ1) is 11.6. The van der Waals surface area contributed by atoms with Crippen molar-refractivity contribution < 1.29 is 14.3 Å². The SMILES string of the molecule is Cc1ncsc1SCC1(C(=O)OC(C)(C)C)CS[C@@H]2C(N)C(=O)N2C1. The van der Waals surface area contributed by atoms with Crippen molar-refractivity contribution in [3.05, 3.63) is 11.2 Å². The summed E-state index contributed by atoms with van der Waals surface area (Å²) in [4.78, 5) is 31.1. The Bertz CT molecular complexity index is 688. The lowest BCUT2D eigenvalue weighted by Crippen LogP contribution is -2.72. The highest BCUT2D eigenvalue weighted by Crippen LogP contribution is 2.45. The minimum absolute atomic E-state index is 0.0156. The van der Waals surface area contributed by atoms with E-state index in [1.807, 2.05) is 27.7 Å². The molecule has 2 aliphatic rings. The first kappa shape index (κ1) is 19.0. The van der Waals surface area contributed by atoms with E-state index in [9.17, 15) is 9.59 Å². The molecule has 2 fully saturated rings. The highest BCUT2D eigenvalue weighted by Gasteiger charge is 2.56. The molecule has 3 atom stereocenters. The van der Waals surface area contributed by atoms with Crippen molar-refractivity contribution in [3.8, 4) is 0 Å². The number of nitrogens with zero attached hydrogens (tertiary/aromatic N) is 2. The molecule has 6 nitrogen and oxygen atoms in total. The second-order valence-corrected chi connectivity index (χ2v) is 10.7. The molecule has 3 heterocycles. The third kappa shape index (κ3) is 3.70. The maximum atomic E-state index is 13.0. The number of rotatable bonds is 4. The molecule has 0 aliphatic carbocycles. The molecule has 9 heteroatoms. The first-order valence-electron chi connectivity index (χ1n) is 8.07. The molecule has 1 amide bonds. The van der Waals surface area contributed by atoms with Gasteiger partial charge in [-0.05, 0) is 27.7 Å². The number of ether oxygens (including phenoxy) is 1. The number of esters is 1. The van der Waals surface area contributed by atoms with E-state index in [-0.39, 0.29) is 17.3 Å². The predicted octanol–water partition coefficient (Wildman–Crippen LogP) is 2.11. The molecule has 0 aromatic carbocycles. The second kappa shape index (κ2) is 6.75. The van der Waals surface area contributed by atoms with Gasteiger partial charge in [0.05, 0.1) is 15.4 Å². The minimum atomic E-state index is -0.731. The van der Waals surface area contributed by atoms with Crippen LogP contribution in [-0.2, 0) is 14.3 Å². The number of hydrogen-bond donors (Lipinski definition) is 1. The fourth-order valence-corrected chi connectivity index (χ4v) is 6.52. The summed E-state index contributed by atoms with van der Waals surface area (Å²) in [5, 5.41) is -0.0156. The van der Waals surface area contributed by atoms with Crippen LogP contribution in [0.25, 0.3) is 0 Å². The van der Waals surface area contributed by atoms with Crippen LogP contribution in [0.2, 0.25) is 0 Å². The average molecular weight is 402 g/mol. The number of thioether (sulfide) groups is 2. The molecule has 3 rings (SSSR count). The van der Waals surface area contributed by atoms with Crippen molar-refractivity contribution >= 4 is 46.7 Å². The molecule has 1 aromatic heterocycles. The number of fused-ring (bicyclic) bond motifs is 1. The van der Waals surface area contributed by atoms with Crippen molar-refractivity contribution in [2.75, 3.05) is 18.1 Å². The van der Waals surface area contributed by atoms with E-state index >= 15 is 0 Å². The van der Waals surface area contributed by atoms with Gasteiger partial charge in [-0.25, -0.2) is 4.98 Å². The van der Waals surface area contributed by atoms with Crippen molar-refractivity contribution in [3.63, 3.8) is 0 Å². The molecule has 0 spiro atoms. The Labute approximate surface area is 160 Å². The number of amides is 1. The van der Waals surface area contributed by atoms with Gasteiger partial charge in [0.2, 0.25) is 5.91 Å². The first-order valence-corrected chi connectivity index (χ1v) is 11.0. The largest absolute Gasteiger partial charge is 0.459 e. The van der Waals surface area contributed by atoms with Gasteiger partial charge in [0.1, 0.15) is 22.4 Å². The molecule has 0 bridgehead atoms. The van der Waals surface area contributed by atoms with E-state index in [4.69, 9.17) is 10.5 Å². The van der Waals surface area contributed by atoms with Crippen molar-refractivity contribution in [2.45, 2.75) is 48.9 Å². The summed E-state index contributed by atoms with van der Waals surface area (Å²) in [5.74, 6) is 0.844. The molecular formula is C16H23N3O3S3. The fourth-order valence-electron chi connectivity index (χ4n) is 2.82. The number of thiazole rings is 1. The Morgan fingerprint density at radius 3 is 2.88 bits per heavy atom. The Kier molecular flexibility index (Phi) is 5.13. The van der Waals surface area contributed by atoms with Crippen LogP contribution < -0.4 is 5.73 Å². The van der Waals surface area contributed by atoms with Crippen LogP contribution in [0.1, 0.15) is 26.5 Å². The molecule has 138 valence electrons. The lowest BCUT2D eigenvalue weighted by molar-refractivity contribution is -0.169. The predicted molar refractivity (Wildman–Crippen MR) is 102 cm³/mol. The lowest BCUT2D eigenvalue weighted by Gasteiger charge is -2.53. The summed E-state index contributed by atoms with van der Waals surface area (Å²) < 4.78 is 6.80. The van der Waals surface area contributed by atoms with Crippen LogP contribution in [0.4, 0.5) is 0 Å². The van der Waals surface area contributed by atoms with Gasteiger partial charge >= 0.3 is 5.97 Å². The molecule has 0 radical (unpaired) electrons. The number of hydrogen-bond acceptors (Lipinski definition) is 8. The highest BCUT2D eigenvalue weighted by atomic mass is 32.2. The third-order valence-corrected chi connectivity index (χ3v) is 8.42. The standard InChI is InChI=1S/C16H23N3O3S3/c1-9-13(25-8-18-9)24-7-16(14(21)22-15(2,3)4)5-19-11(20)10(17)12(19)23-6-16/h8,10,12H,5-7,17H2,1-4H3/t10?,12-,16?/m1/s1. The summed E-state index contributed by atoms with van der Waals surface area (Å²) in [6.45, 7) is 7.92. The molecule has 0 saturated carbocycles. The van der Waals surface area contributed by atoms with Crippen LogP contribution in [-0.4, -0.2) is 56.8 Å². The second-order valence-electron chi connectivity index (χ2n) is 7.49. The van der Waals surface area contributed by atoms with Crippen LogP contribution in [0.5, 0.6) is 0 Å². The Morgan fingerprint density at radius 2 is 2.28 bits per heavy atom. The van der Waals surface area contributed by atoms with Gasteiger partial charge in [-0.3, -0.25) is 9.59 Å². The van der Waals surface area contributed by atoms with E-state index in [0.29, 0.717) is 18.1 Å². The summed E-state index contributed by atoms with van der Waals surface area (Å²) in [6.07, 6.45) is 0. The minimum Gasteiger partial charge on any atom is -0.459 e. The molecule has 2 saturated heterocycles. The summed E-state index contributed by atoms with van der Waals surface area (Å²) in [6, 6.07) is -0.446. The average Bonchev–Trinajstić information content (AvgIpc) is 2.95. The zero-order valence-electron chi connectivity index (χ0n) is 14.8. The summed E-state index contributed by atoms with van der Waals surface area (Å²) in [7, 11) is 0. The zero-order chi connectivity index (χ0) is 18.4. The van der Waals surface area contributed by atoms with Gasteiger partial charge in [-0.15, -0.1) is 34.9 Å². The van der Waals surface area contributed by atoms with Crippen LogP contribution in [0, 0.1) is 12.3 Å². The van der Waals surface area contributed by atoms with Crippen LogP contribution in [0.3, 0.4) is 0 Å². The van der Waals surface area contributed by atoms with Crippen LogP contribution >= 0.6 is 34.9 Å². The monoisotopic (exact) mass is 401 g/mol. The van der Waals surface area contributed by atoms with E-state index < -0.39 is 17.1 Å². The molecule has 1 aromatic rings. The smallest absolute Gasteiger partial charge is 0.316 e. The van der Waals surface area contributed by atoms with Gasteiger partial charge in [-0.2, -0.15) is 0 Å². The van der Waals surface area contributed by atoms with Gasteiger partial charge in [0.25, 0.3) is 0 Å². The van der Waals surface area contributed by atoms with E-state index in [1.54, 1.807) is 45.3 Å². The van der Waals surface area contributed by atoms with Crippen LogP contribution in [0.15, 0.2) is 9.72 Å². The zero-order valence-corrected chi connectivity index (χ0v) is 17.2. The van der Waals surface area contributed by atoms with Gasteiger partial charge in [0.15, 0.2) is 0 Å². The topological polar surface area (TPSA) is 85.5 Å². The highest BCUT2D eigenvalue weighted by molar-refractivity contribution is 8.01. The van der Waals surface area contributed by atoms with Crippen molar-refractivity contribution in [2.24, 2.45) is 11.1 Å². The lowest BCUT2D eigenvalue weighted by atomic mass is 9.89. The molecular weight excluding hydrogens is 378 g/mol. The summed E-state index contributed by atoms with van der Waals surface area (Å²) >= 11 is 4.77. The number of nitrogens with two attached hydrogens (primary N) is 1. The molecule has 2 unspecified atom stereocenters.